The number of hydrogen-bond acceptors (Lipinski definition) is 7. The van der Waals surface area contributed by atoms with Crippen molar-refractivity contribution in [1.29, 1.82) is 0 Å². The van der Waals surface area contributed by atoms with Crippen molar-refractivity contribution in [1.82, 2.24) is 25.2 Å². The molecule has 5 unspecified atom stereocenters. The molecule has 1 aliphatic carbocycles. The molecule has 232 valence electrons. The fourth-order valence-corrected chi connectivity index (χ4v) is 8.79. The second kappa shape index (κ2) is 13.0. The molecule has 2 aliphatic heterocycles. The van der Waals surface area contributed by atoms with Crippen molar-refractivity contribution in [3.8, 4) is 0 Å². The Hall–Kier alpha value is -1.95. The minimum atomic E-state index is -3.60. The van der Waals surface area contributed by atoms with E-state index in [9.17, 15) is 12.8 Å². The van der Waals surface area contributed by atoms with Crippen LogP contribution in [0.25, 0.3) is 0 Å². The predicted octanol–water partition coefficient (Wildman–Crippen LogP) is 4.89. The van der Waals surface area contributed by atoms with Gasteiger partial charge in [-0.25, -0.2) is 13.4 Å². The van der Waals surface area contributed by atoms with Crippen LogP contribution in [0.2, 0.25) is 0 Å². The van der Waals surface area contributed by atoms with Crippen LogP contribution >= 0.6 is 0 Å². The van der Waals surface area contributed by atoms with Crippen molar-refractivity contribution in [3.05, 3.63) is 64.7 Å². The van der Waals surface area contributed by atoms with Gasteiger partial charge in [-0.15, -0.1) is 0 Å². The van der Waals surface area contributed by atoms with Crippen molar-refractivity contribution in [2.24, 2.45) is 11.3 Å². The first-order valence-electron chi connectivity index (χ1n) is 15.4. The highest BCUT2D eigenvalue weighted by Gasteiger charge is 2.39. The molecule has 3 fully saturated rings. The lowest BCUT2D eigenvalue weighted by Crippen LogP contribution is -2.64. The highest BCUT2D eigenvalue weighted by molar-refractivity contribution is 7.90. The highest BCUT2D eigenvalue weighted by atomic mass is 32.2. The molecule has 0 radical (unpaired) electrons. The highest BCUT2D eigenvalue weighted by Crippen LogP contribution is 2.34. The molecule has 5 rings (SSSR count). The zero-order valence-electron chi connectivity index (χ0n) is 25.7. The molecule has 8 nitrogen and oxygen atoms in total. The van der Waals surface area contributed by atoms with Crippen LogP contribution in [0.15, 0.2) is 36.5 Å². The molecule has 6 atom stereocenters. The van der Waals surface area contributed by atoms with E-state index >= 15 is 0 Å². The molecule has 1 saturated carbocycles. The van der Waals surface area contributed by atoms with Gasteiger partial charge in [-0.2, -0.15) is 9.11 Å². The number of benzene rings is 1. The van der Waals surface area contributed by atoms with Gasteiger partial charge in [0.15, 0.2) is 0 Å². The molecule has 3 N–H and O–H groups in total. The maximum absolute atomic E-state index is 13.8. The molecule has 10 heteroatoms. The zero-order chi connectivity index (χ0) is 30.1. The summed E-state index contributed by atoms with van der Waals surface area (Å²) in [5, 5.41) is 6.52. The average molecular weight is 602 g/mol. The smallest absolute Gasteiger partial charge is 0.216 e. The van der Waals surface area contributed by atoms with Crippen molar-refractivity contribution in [3.63, 3.8) is 0 Å². The fraction of sp³-hybridized carbons (Fsp3) is 0.656. The van der Waals surface area contributed by atoms with Gasteiger partial charge in [0, 0.05) is 37.8 Å². The predicted molar refractivity (Wildman–Crippen MR) is 163 cm³/mol. The largest absolute Gasteiger partial charge is 0.362 e. The number of rotatable bonds is 4. The quantitative estimate of drug-likeness (QED) is 0.430. The van der Waals surface area contributed by atoms with Crippen molar-refractivity contribution >= 4 is 10.0 Å². The number of fused-ring (bicyclic) bond motifs is 4. The van der Waals surface area contributed by atoms with Gasteiger partial charge in [0.2, 0.25) is 16.0 Å². The normalized spacial score (nSPS) is 31.0. The molecule has 2 aromatic rings. The molecule has 1 aromatic heterocycles. The summed E-state index contributed by atoms with van der Waals surface area (Å²) in [7, 11) is -3.60. The molecular formula is C32H48FN5O3S. The first-order chi connectivity index (χ1) is 19.9. The summed E-state index contributed by atoms with van der Waals surface area (Å²) in [5.74, 6) is -0.254. The number of ether oxygens (including phenoxy) is 1. The molecule has 0 amide bonds. The lowest BCUT2D eigenvalue weighted by molar-refractivity contribution is -0.0515. The van der Waals surface area contributed by atoms with Crippen molar-refractivity contribution < 1.29 is 17.5 Å². The standard InChI is InChI=1S/C32H48FN5O3S/c1-21-8-6-9-22(2)30(21)27-15-29-36-31(35-27)37-42(39,40)26-11-7-10-23(14-26)18-38(19-24-12-13-28(33)34-17-24)25(20-41-29)16-32(3,4)5/h6,8-9,12-13,17,23,25-27,29,31,35-37H,7,10-11,14-16,18-20H2,1-5H3/t23?,25-,26?,27?,29?,31?/m1/s1. The zero-order valence-corrected chi connectivity index (χ0v) is 26.5. The Bertz CT molecular complexity index is 1300. The van der Waals surface area contributed by atoms with Gasteiger partial charge in [0.25, 0.3) is 0 Å². The van der Waals surface area contributed by atoms with Gasteiger partial charge in [-0.05, 0) is 79.2 Å². The Morgan fingerprint density at radius 3 is 2.52 bits per heavy atom. The number of halogens is 1. The number of aryl methyl sites for hydroxylation is 2. The van der Waals surface area contributed by atoms with Crippen LogP contribution in [-0.2, 0) is 21.3 Å². The van der Waals surface area contributed by atoms with E-state index in [2.05, 4.69) is 78.1 Å². The molecule has 3 heterocycles. The molecule has 2 saturated heterocycles. The summed E-state index contributed by atoms with van der Waals surface area (Å²) in [6, 6.07) is 9.49. The van der Waals surface area contributed by atoms with Crippen LogP contribution in [0.4, 0.5) is 4.39 Å². The summed E-state index contributed by atoms with van der Waals surface area (Å²) in [4.78, 5) is 6.34. The second-order valence-corrected chi connectivity index (χ2v) is 15.8. The van der Waals surface area contributed by atoms with Crippen LogP contribution in [0.3, 0.4) is 0 Å². The van der Waals surface area contributed by atoms with Crippen molar-refractivity contribution in [2.45, 2.75) is 110 Å². The number of pyridine rings is 1. The summed E-state index contributed by atoms with van der Waals surface area (Å²) >= 11 is 0. The first-order valence-corrected chi connectivity index (χ1v) is 17.0. The van der Waals surface area contributed by atoms with E-state index in [1.165, 1.54) is 22.8 Å². The van der Waals surface area contributed by atoms with Gasteiger partial charge in [-0.1, -0.05) is 51.5 Å². The third kappa shape index (κ3) is 7.95. The van der Waals surface area contributed by atoms with Gasteiger partial charge in [-0.3, -0.25) is 15.5 Å². The number of nitrogens with one attached hydrogen (secondary N) is 3. The lowest BCUT2D eigenvalue weighted by atomic mass is 9.85. The maximum Gasteiger partial charge on any atom is 0.216 e. The molecule has 0 spiro atoms. The molecular weight excluding hydrogens is 553 g/mol. The number of nitrogens with zero attached hydrogens (tertiary/aromatic N) is 2. The summed E-state index contributed by atoms with van der Waals surface area (Å²) in [6.45, 7) is 12.8. The molecule has 1 aromatic carbocycles. The summed E-state index contributed by atoms with van der Waals surface area (Å²) in [5.41, 5.74) is 4.53. The molecule has 4 bridgehead atoms. The Kier molecular flexibility index (Phi) is 9.71. The molecule has 42 heavy (non-hydrogen) atoms. The Balaban J connectivity index is 1.49. The van der Waals surface area contributed by atoms with Gasteiger partial charge < -0.3 is 4.74 Å². The third-order valence-electron chi connectivity index (χ3n) is 9.04. The van der Waals surface area contributed by atoms with Crippen LogP contribution < -0.4 is 15.4 Å². The topological polar surface area (TPSA) is 95.6 Å². The second-order valence-electron chi connectivity index (χ2n) is 13.8. The maximum atomic E-state index is 13.8. The first kappa shape index (κ1) is 31.5. The fourth-order valence-electron chi connectivity index (χ4n) is 7.13. The lowest BCUT2D eigenvalue weighted by Gasteiger charge is -2.41. The Morgan fingerprint density at radius 2 is 1.83 bits per heavy atom. The van der Waals surface area contributed by atoms with Crippen LogP contribution in [0, 0.1) is 31.1 Å². The van der Waals surface area contributed by atoms with E-state index in [-0.39, 0.29) is 29.6 Å². The number of sulfonamides is 1. The third-order valence-corrected chi connectivity index (χ3v) is 10.9. The summed E-state index contributed by atoms with van der Waals surface area (Å²) in [6.07, 6.45) is 5.34. The average Bonchev–Trinajstić information content (AvgIpc) is 2.91. The summed E-state index contributed by atoms with van der Waals surface area (Å²) < 4.78 is 50.8. The number of hydrogen-bond donors (Lipinski definition) is 3. The minimum absolute atomic E-state index is 0.0478. The van der Waals surface area contributed by atoms with Crippen LogP contribution in [-0.4, -0.2) is 55.3 Å². The van der Waals surface area contributed by atoms with E-state index < -0.39 is 27.5 Å². The van der Waals surface area contributed by atoms with Gasteiger partial charge in [0.1, 0.15) is 12.5 Å². The van der Waals surface area contributed by atoms with Gasteiger partial charge in [0.05, 0.1) is 11.9 Å². The van der Waals surface area contributed by atoms with E-state index in [1.807, 2.05) is 0 Å². The van der Waals surface area contributed by atoms with E-state index in [1.54, 1.807) is 12.3 Å². The van der Waals surface area contributed by atoms with Crippen molar-refractivity contribution in [2.75, 3.05) is 13.2 Å². The Morgan fingerprint density at radius 1 is 1.07 bits per heavy atom. The molecule has 3 aliphatic rings. The van der Waals surface area contributed by atoms with Crippen LogP contribution in [0.1, 0.15) is 87.6 Å². The monoisotopic (exact) mass is 601 g/mol. The van der Waals surface area contributed by atoms with Gasteiger partial charge >= 0.3 is 0 Å². The SMILES string of the molecule is Cc1cccc(C)c1C1CC2NC(N1)NS(=O)(=O)C1CCCC(C1)CN(Cc1ccc(F)nc1)[C@H](CC(C)(C)C)CO2. The van der Waals surface area contributed by atoms with E-state index in [4.69, 9.17) is 4.74 Å². The minimum Gasteiger partial charge on any atom is -0.362 e. The van der Waals surface area contributed by atoms with Crippen LogP contribution in [0.5, 0.6) is 0 Å². The van der Waals surface area contributed by atoms with E-state index in [0.29, 0.717) is 32.4 Å². The Labute approximate surface area is 251 Å². The number of aromatic nitrogens is 1. The van der Waals surface area contributed by atoms with E-state index in [0.717, 1.165) is 31.4 Å².